The van der Waals surface area contributed by atoms with Crippen molar-refractivity contribution in [3.8, 4) is 0 Å². The third-order valence-electron chi connectivity index (χ3n) is 14.8. The molecule has 0 aromatic carbocycles. The van der Waals surface area contributed by atoms with Crippen LogP contribution in [0.3, 0.4) is 0 Å². The lowest BCUT2D eigenvalue weighted by Gasteiger charge is -2.42. The van der Waals surface area contributed by atoms with Gasteiger partial charge < -0.3 is 41.9 Å². The Kier molecular flexibility index (Phi) is 11.3. The number of carboxylic acids is 5. The van der Waals surface area contributed by atoms with Gasteiger partial charge in [0.1, 0.15) is 5.66 Å². The molecular formula is C42H52N6O13. The first-order chi connectivity index (χ1) is 28.7. The highest BCUT2D eigenvalue weighted by Gasteiger charge is 2.66. The molecule has 6 heterocycles. The average Bonchev–Trinajstić information content (AvgIpc) is 3.83. The minimum absolute atomic E-state index is 0.00832. The fourth-order valence-electron chi connectivity index (χ4n) is 12.1. The maximum absolute atomic E-state index is 14.2. The second-order valence-corrected chi connectivity index (χ2v) is 18.4. The largest absolute Gasteiger partial charge is 0.481 e. The third-order valence-corrected chi connectivity index (χ3v) is 14.8. The van der Waals surface area contributed by atoms with Gasteiger partial charge >= 0.3 is 29.8 Å². The molecule has 328 valence electrons. The number of aliphatic imine (C=N–C) groups is 3. The quantitative estimate of drug-likeness (QED) is 0.117. The van der Waals surface area contributed by atoms with Crippen LogP contribution in [0.5, 0.6) is 0 Å². The zero-order valence-electron chi connectivity index (χ0n) is 34.0. The number of carbonyl (C=O) groups excluding carboxylic acids is 3. The molecule has 2 saturated heterocycles. The summed E-state index contributed by atoms with van der Waals surface area (Å²) in [5.74, 6) is -11.4. The summed E-state index contributed by atoms with van der Waals surface area (Å²) < 4.78 is 0. The average molecular weight is 849 g/mol. The normalized spacial score (nSPS) is 37.1. The molecule has 1 spiro atoms. The van der Waals surface area contributed by atoms with Gasteiger partial charge in [-0.3, -0.25) is 53.3 Å². The summed E-state index contributed by atoms with van der Waals surface area (Å²) in [4.78, 5) is 117. The fraction of sp³-hybridized carbons (Fsp3) is 0.643. The maximum Gasteiger partial charge on any atom is 0.304 e. The number of carbonyl (C=O) groups is 8. The summed E-state index contributed by atoms with van der Waals surface area (Å²) in [5, 5.41) is 56.8. The van der Waals surface area contributed by atoms with E-state index in [1.807, 2.05) is 6.92 Å². The van der Waals surface area contributed by atoms with Gasteiger partial charge in [-0.25, -0.2) is 0 Å². The fourth-order valence-corrected chi connectivity index (χ4v) is 12.1. The summed E-state index contributed by atoms with van der Waals surface area (Å²) in [7, 11) is 0. The number of aliphatic carboxylic acids is 5. The van der Waals surface area contributed by atoms with Crippen LogP contribution >= 0.6 is 0 Å². The first-order valence-electron chi connectivity index (χ1n) is 20.9. The Morgan fingerprint density at radius 3 is 2.11 bits per heavy atom. The Morgan fingerprint density at radius 1 is 0.820 bits per heavy atom. The number of hydrogen-bond donors (Lipinski definition) is 8. The van der Waals surface area contributed by atoms with Crippen LogP contribution in [0.25, 0.3) is 0 Å². The monoisotopic (exact) mass is 848 g/mol. The zero-order chi connectivity index (χ0) is 44.3. The maximum atomic E-state index is 14.2. The van der Waals surface area contributed by atoms with E-state index in [2.05, 4.69) is 10.6 Å². The van der Waals surface area contributed by atoms with E-state index < -0.39 is 106 Å². The number of amides is 2. The van der Waals surface area contributed by atoms with Crippen LogP contribution in [0.15, 0.2) is 38.0 Å². The van der Waals surface area contributed by atoms with E-state index in [4.69, 9.17) is 20.7 Å². The third kappa shape index (κ3) is 7.75. The van der Waals surface area contributed by atoms with Crippen molar-refractivity contribution in [3.05, 3.63) is 23.0 Å². The van der Waals surface area contributed by atoms with Crippen molar-refractivity contribution >= 4 is 64.6 Å². The molecule has 9 N–H and O–H groups in total. The van der Waals surface area contributed by atoms with Crippen molar-refractivity contribution < 1.29 is 63.9 Å². The molecule has 11 atom stereocenters. The van der Waals surface area contributed by atoms with E-state index in [0.29, 0.717) is 17.1 Å². The number of nitrogens with one attached hydrogen (secondary N) is 2. The van der Waals surface area contributed by atoms with E-state index in [0.717, 1.165) is 0 Å². The number of allylic oxidation sites excluding steroid dienone is 4. The molecule has 2 amide bonds. The zero-order valence-corrected chi connectivity index (χ0v) is 34.0. The lowest BCUT2D eigenvalue weighted by atomic mass is 9.63. The van der Waals surface area contributed by atoms with Crippen molar-refractivity contribution in [2.75, 3.05) is 0 Å². The summed E-state index contributed by atoms with van der Waals surface area (Å²) in [6.07, 6.45) is -0.169. The number of carboxylic acid groups (broad SMARTS) is 5. The first kappa shape index (κ1) is 43.3. The number of fused-ring (bicyclic) bond motifs is 4. The highest BCUT2D eigenvalue weighted by atomic mass is 16.4. The molecule has 8 bridgehead atoms. The summed E-state index contributed by atoms with van der Waals surface area (Å²) in [6, 6.07) is -1.54. The highest BCUT2D eigenvalue weighted by Crippen LogP contribution is 2.59. The molecule has 0 aromatic heterocycles. The number of primary amides is 1. The van der Waals surface area contributed by atoms with Crippen molar-refractivity contribution in [1.29, 1.82) is 0 Å². The molecule has 61 heavy (non-hydrogen) atoms. The summed E-state index contributed by atoms with van der Waals surface area (Å²) in [6.45, 7) is 3.63. The van der Waals surface area contributed by atoms with Crippen LogP contribution in [0.4, 0.5) is 0 Å². The van der Waals surface area contributed by atoms with Gasteiger partial charge in [0.25, 0.3) is 0 Å². The molecule has 0 radical (unpaired) electrons. The summed E-state index contributed by atoms with van der Waals surface area (Å²) >= 11 is 0. The molecule has 7 rings (SSSR count). The Labute approximate surface area is 350 Å². The minimum Gasteiger partial charge on any atom is -0.481 e. The lowest BCUT2D eigenvalue weighted by Crippen LogP contribution is -2.59. The van der Waals surface area contributed by atoms with Crippen molar-refractivity contribution in [2.24, 2.45) is 67.0 Å². The second-order valence-electron chi connectivity index (χ2n) is 18.4. The van der Waals surface area contributed by atoms with Crippen molar-refractivity contribution in [1.82, 2.24) is 10.6 Å². The Hall–Kier alpha value is -5.75. The molecule has 19 nitrogen and oxygen atoms in total. The standard InChI is InChI=1S/C42H52N6O13/c1-40(16-30(43)50)22(5-9-33(54)55)27-15-42-41(2,17-31(51)48-42)23(6-10-34(56)57)26(47-42)13-24-20(11-35(58)59)19(4-8-32(52)53)39(45-24)37-28(49)7-3-18-21(12-36(60)61)25(46-38(18)37)14-29(40)44-27/h13,18-23,25,27,47H,3-12,14-17H2,1-2H3,(H2,43,50)(H,48,51)(H,52,53)(H,54,55)(H,56,57)(H,58,59)(H,60,61)/b26-13?,39-37-/t18-,19-,20-,21-,22+,23+,25-,27+,40-,41-,42+/m0/s1. The number of hydrogen-bond acceptors (Lipinski definition) is 12. The van der Waals surface area contributed by atoms with Gasteiger partial charge in [0.05, 0.1) is 41.9 Å². The number of nitrogens with two attached hydrogens (primary N) is 1. The SMILES string of the molecule is C[C@@]12CC(=O)N[C@]13C[C@H]1N=C(C[C@@H]4N=C5/C(=C6\N=C(C=C(N3)[C@H]2CCC(=O)O)[C@@H](CC(=O)O)[C@@H]6CCC(=O)O)C(=O)CC[C@H]5[C@@H]4CC(=O)O)[C@@](C)(CC(N)=O)[C@@H]1CCC(=O)O. The van der Waals surface area contributed by atoms with Crippen LogP contribution in [0, 0.1) is 46.3 Å². The number of rotatable bonds is 15. The molecule has 1 aliphatic carbocycles. The van der Waals surface area contributed by atoms with E-state index >= 15 is 0 Å². The van der Waals surface area contributed by atoms with Crippen molar-refractivity contribution in [2.45, 2.75) is 121 Å². The lowest BCUT2D eigenvalue weighted by molar-refractivity contribution is -0.139. The van der Waals surface area contributed by atoms with Gasteiger partial charge in [-0.1, -0.05) is 13.8 Å². The molecule has 0 unspecified atom stereocenters. The number of Topliss-reactive ketones (excluding diaryl/α,β-unsaturated/α-hetero) is 1. The van der Waals surface area contributed by atoms with E-state index in [-0.39, 0.29) is 112 Å². The molecule has 3 fully saturated rings. The van der Waals surface area contributed by atoms with Crippen LogP contribution in [0.1, 0.15) is 104 Å². The minimum atomic E-state index is -1.34. The predicted molar refractivity (Wildman–Crippen MR) is 213 cm³/mol. The molecule has 0 aromatic rings. The topological polar surface area (TPSA) is 325 Å². The van der Waals surface area contributed by atoms with Crippen LogP contribution < -0.4 is 16.4 Å². The Morgan fingerprint density at radius 2 is 1.48 bits per heavy atom. The summed E-state index contributed by atoms with van der Waals surface area (Å²) in [5.41, 5.74) is 4.03. The van der Waals surface area contributed by atoms with Gasteiger partial charge in [0.2, 0.25) is 11.8 Å². The predicted octanol–water partition coefficient (Wildman–Crippen LogP) is 2.33. The molecule has 7 aliphatic rings. The molecule has 6 aliphatic heterocycles. The van der Waals surface area contributed by atoms with E-state index in [1.165, 1.54) is 0 Å². The molecular weight excluding hydrogens is 796 g/mol. The van der Waals surface area contributed by atoms with Crippen LogP contribution in [0.2, 0.25) is 0 Å². The van der Waals surface area contributed by atoms with Gasteiger partial charge in [-0.05, 0) is 37.7 Å². The van der Waals surface area contributed by atoms with Gasteiger partial charge in [-0.2, -0.15) is 0 Å². The molecule has 1 saturated carbocycles. The van der Waals surface area contributed by atoms with Gasteiger partial charge in [-0.15, -0.1) is 0 Å². The molecule has 19 heteroatoms. The van der Waals surface area contributed by atoms with Crippen LogP contribution in [-0.4, -0.2) is 108 Å². The van der Waals surface area contributed by atoms with Crippen LogP contribution in [-0.2, 0) is 38.4 Å². The highest BCUT2D eigenvalue weighted by molar-refractivity contribution is 6.26. The van der Waals surface area contributed by atoms with Crippen molar-refractivity contribution in [3.63, 3.8) is 0 Å². The van der Waals surface area contributed by atoms with E-state index in [9.17, 15) is 63.9 Å². The second kappa shape index (κ2) is 15.9. The Bertz CT molecular complexity index is 2160. The van der Waals surface area contributed by atoms with E-state index in [1.54, 1.807) is 13.0 Å². The number of nitrogens with zero attached hydrogens (tertiary/aromatic N) is 3. The number of ketones is 1. The Balaban J connectivity index is 1.52. The van der Waals surface area contributed by atoms with Gasteiger partial charge in [0.15, 0.2) is 5.78 Å². The first-order valence-corrected chi connectivity index (χ1v) is 20.9. The van der Waals surface area contributed by atoms with Gasteiger partial charge in [0, 0.05) is 109 Å². The smallest absolute Gasteiger partial charge is 0.304 e.